The summed E-state index contributed by atoms with van der Waals surface area (Å²) in [7, 11) is 0. The van der Waals surface area contributed by atoms with E-state index in [-0.39, 0.29) is 17.2 Å². The fraction of sp³-hybridized carbons (Fsp3) is 0.0909. The number of hydrogen-bond donors (Lipinski definition) is 2. The van der Waals surface area contributed by atoms with Crippen LogP contribution in [0.5, 0.6) is 0 Å². The van der Waals surface area contributed by atoms with Gasteiger partial charge in [0, 0.05) is 5.69 Å². The second kappa shape index (κ2) is 5.97. The quantitative estimate of drug-likeness (QED) is 0.823. The third-order valence-electron chi connectivity index (χ3n) is 1.73. The van der Waals surface area contributed by atoms with E-state index in [9.17, 15) is 9.59 Å². The van der Waals surface area contributed by atoms with Crippen LogP contribution in [0.15, 0.2) is 36.3 Å². The Balaban J connectivity index is 2.66. The van der Waals surface area contributed by atoms with E-state index in [2.05, 4.69) is 11.9 Å². The first kappa shape index (κ1) is 12.3. The van der Waals surface area contributed by atoms with E-state index < -0.39 is 5.97 Å². The number of benzene rings is 1. The number of thioether (sulfide) groups is 1. The number of carbonyl (C=O) groups is 2. The number of aromatic carboxylic acids is 1. The van der Waals surface area contributed by atoms with Gasteiger partial charge in [-0.05, 0) is 23.6 Å². The van der Waals surface area contributed by atoms with Crippen LogP contribution in [0.2, 0.25) is 0 Å². The number of anilines is 1. The van der Waals surface area contributed by atoms with E-state index in [4.69, 9.17) is 5.11 Å². The van der Waals surface area contributed by atoms with E-state index in [0.717, 1.165) is 0 Å². The molecule has 0 bridgehead atoms. The first-order chi connectivity index (χ1) is 7.63. The molecule has 4 nitrogen and oxygen atoms in total. The molecule has 0 saturated carbocycles. The molecule has 0 unspecified atom stereocenters. The molecule has 16 heavy (non-hydrogen) atoms. The van der Waals surface area contributed by atoms with Gasteiger partial charge in [0.2, 0.25) is 5.91 Å². The molecule has 0 radical (unpaired) electrons. The Morgan fingerprint density at radius 1 is 1.50 bits per heavy atom. The SMILES string of the molecule is C=CSCC(=O)Nc1cccc(C(=O)O)c1. The number of rotatable bonds is 5. The number of carboxylic acid groups (broad SMARTS) is 1. The zero-order valence-electron chi connectivity index (χ0n) is 8.47. The van der Waals surface area contributed by atoms with Crippen molar-refractivity contribution >= 4 is 29.3 Å². The molecule has 0 heterocycles. The van der Waals surface area contributed by atoms with Crippen molar-refractivity contribution in [3.8, 4) is 0 Å². The van der Waals surface area contributed by atoms with Gasteiger partial charge in [-0.3, -0.25) is 4.79 Å². The summed E-state index contributed by atoms with van der Waals surface area (Å²) in [5, 5.41) is 12.9. The van der Waals surface area contributed by atoms with Crippen molar-refractivity contribution in [2.75, 3.05) is 11.1 Å². The standard InChI is InChI=1S/C11H11NO3S/c1-2-16-7-10(13)12-9-5-3-4-8(6-9)11(14)15/h2-6H,1,7H2,(H,12,13)(H,14,15). The van der Waals surface area contributed by atoms with Crippen molar-refractivity contribution in [1.82, 2.24) is 0 Å². The summed E-state index contributed by atoms with van der Waals surface area (Å²) >= 11 is 1.28. The van der Waals surface area contributed by atoms with Crippen LogP contribution in [0.25, 0.3) is 0 Å². The Labute approximate surface area is 97.4 Å². The lowest BCUT2D eigenvalue weighted by molar-refractivity contribution is -0.113. The van der Waals surface area contributed by atoms with E-state index in [1.165, 1.54) is 23.9 Å². The third-order valence-corrected chi connectivity index (χ3v) is 2.39. The number of amides is 1. The minimum absolute atomic E-state index is 0.147. The second-order valence-electron chi connectivity index (χ2n) is 2.91. The van der Waals surface area contributed by atoms with Crippen LogP contribution in [-0.4, -0.2) is 22.7 Å². The molecule has 2 N–H and O–H groups in total. The monoisotopic (exact) mass is 237 g/mol. The topological polar surface area (TPSA) is 66.4 Å². The van der Waals surface area contributed by atoms with Crippen molar-refractivity contribution in [3.63, 3.8) is 0 Å². The highest BCUT2D eigenvalue weighted by molar-refractivity contribution is 8.02. The first-order valence-electron chi connectivity index (χ1n) is 4.49. The lowest BCUT2D eigenvalue weighted by Crippen LogP contribution is -2.14. The fourth-order valence-corrected chi connectivity index (χ4v) is 1.40. The van der Waals surface area contributed by atoms with E-state index in [0.29, 0.717) is 5.69 Å². The largest absolute Gasteiger partial charge is 0.478 e. The molecule has 0 aliphatic carbocycles. The normalized spacial score (nSPS) is 9.50. The van der Waals surface area contributed by atoms with Crippen LogP contribution in [0.3, 0.4) is 0 Å². The Bertz CT molecular complexity index is 417. The van der Waals surface area contributed by atoms with Gasteiger partial charge in [-0.1, -0.05) is 12.6 Å². The summed E-state index contributed by atoms with van der Waals surface area (Å²) in [5.74, 6) is -0.940. The molecular formula is C11H11NO3S. The summed E-state index contributed by atoms with van der Waals surface area (Å²) in [6.45, 7) is 3.48. The Morgan fingerprint density at radius 2 is 2.25 bits per heavy atom. The molecule has 0 aromatic heterocycles. The zero-order valence-corrected chi connectivity index (χ0v) is 9.29. The van der Waals surface area contributed by atoms with Crippen molar-refractivity contribution < 1.29 is 14.7 Å². The molecule has 0 spiro atoms. The average Bonchev–Trinajstić information content (AvgIpc) is 2.26. The van der Waals surface area contributed by atoms with E-state index in [1.54, 1.807) is 17.5 Å². The Kier molecular flexibility index (Phi) is 4.60. The van der Waals surface area contributed by atoms with Crippen LogP contribution >= 0.6 is 11.8 Å². The molecule has 0 atom stereocenters. The van der Waals surface area contributed by atoms with Crippen molar-refractivity contribution in [3.05, 3.63) is 41.8 Å². The van der Waals surface area contributed by atoms with Gasteiger partial charge < -0.3 is 10.4 Å². The van der Waals surface area contributed by atoms with Gasteiger partial charge >= 0.3 is 5.97 Å². The lowest BCUT2D eigenvalue weighted by atomic mass is 10.2. The molecule has 0 aliphatic rings. The first-order valence-corrected chi connectivity index (χ1v) is 5.54. The number of carbonyl (C=O) groups excluding carboxylic acids is 1. The van der Waals surface area contributed by atoms with Gasteiger partial charge in [0.25, 0.3) is 0 Å². The molecule has 0 aliphatic heterocycles. The summed E-state index contributed by atoms with van der Waals surface area (Å²) in [6, 6.07) is 6.11. The fourth-order valence-electron chi connectivity index (χ4n) is 1.06. The van der Waals surface area contributed by atoms with Crippen LogP contribution in [0, 0.1) is 0 Å². The Morgan fingerprint density at radius 3 is 2.88 bits per heavy atom. The maximum atomic E-state index is 11.3. The van der Waals surface area contributed by atoms with E-state index >= 15 is 0 Å². The summed E-state index contributed by atoms with van der Waals surface area (Å²) in [5.41, 5.74) is 0.628. The molecule has 1 amide bonds. The minimum Gasteiger partial charge on any atom is -0.478 e. The summed E-state index contributed by atoms with van der Waals surface area (Å²) in [4.78, 5) is 22.0. The smallest absolute Gasteiger partial charge is 0.335 e. The molecule has 0 saturated heterocycles. The van der Waals surface area contributed by atoms with Crippen molar-refractivity contribution in [2.45, 2.75) is 0 Å². The van der Waals surface area contributed by atoms with Gasteiger partial charge in [0.1, 0.15) is 0 Å². The molecule has 84 valence electrons. The van der Waals surface area contributed by atoms with Crippen molar-refractivity contribution in [1.29, 1.82) is 0 Å². The summed E-state index contributed by atoms with van der Waals surface area (Å²) < 4.78 is 0. The average molecular weight is 237 g/mol. The maximum absolute atomic E-state index is 11.3. The number of hydrogen-bond acceptors (Lipinski definition) is 3. The Hall–Kier alpha value is -1.75. The third kappa shape index (κ3) is 3.78. The van der Waals surface area contributed by atoms with Gasteiger partial charge in [0.05, 0.1) is 11.3 Å². The molecular weight excluding hydrogens is 226 g/mol. The second-order valence-corrected chi connectivity index (χ2v) is 3.87. The molecule has 1 aromatic rings. The van der Waals surface area contributed by atoms with Crippen LogP contribution in [0.1, 0.15) is 10.4 Å². The van der Waals surface area contributed by atoms with E-state index in [1.807, 2.05) is 0 Å². The molecule has 1 rings (SSSR count). The predicted octanol–water partition coefficient (Wildman–Crippen LogP) is 2.20. The molecule has 5 heteroatoms. The van der Waals surface area contributed by atoms with Gasteiger partial charge in [-0.15, -0.1) is 11.8 Å². The number of nitrogens with one attached hydrogen (secondary N) is 1. The summed E-state index contributed by atoms with van der Waals surface area (Å²) in [6.07, 6.45) is 0. The van der Waals surface area contributed by atoms with Crippen LogP contribution < -0.4 is 5.32 Å². The van der Waals surface area contributed by atoms with Crippen LogP contribution in [-0.2, 0) is 4.79 Å². The molecule has 1 aromatic carbocycles. The zero-order chi connectivity index (χ0) is 12.0. The predicted molar refractivity (Wildman–Crippen MR) is 64.7 cm³/mol. The number of carboxylic acids is 1. The highest BCUT2D eigenvalue weighted by atomic mass is 32.2. The lowest BCUT2D eigenvalue weighted by Gasteiger charge is -2.04. The van der Waals surface area contributed by atoms with Crippen LogP contribution in [0.4, 0.5) is 5.69 Å². The van der Waals surface area contributed by atoms with Gasteiger partial charge in [-0.25, -0.2) is 4.79 Å². The minimum atomic E-state index is -1.02. The highest BCUT2D eigenvalue weighted by Gasteiger charge is 2.05. The molecule has 0 fully saturated rings. The van der Waals surface area contributed by atoms with Crippen molar-refractivity contribution in [2.24, 2.45) is 0 Å². The van der Waals surface area contributed by atoms with Gasteiger partial charge in [0.15, 0.2) is 0 Å². The highest BCUT2D eigenvalue weighted by Crippen LogP contribution is 2.11. The maximum Gasteiger partial charge on any atom is 0.335 e. The van der Waals surface area contributed by atoms with Gasteiger partial charge in [-0.2, -0.15) is 0 Å².